The van der Waals surface area contributed by atoms with Crippen LogP contribution >= 0.6 is 11.3 Å². The fourth-order valence-corrected chi connectivity index (χ4v) is 3.37. The monoisotopic (exact) mass is 387 g/mol. The van der Waals surface area contributed by atoms with Crippen molar-refractivity contribution < 1.29 is 14.1 Å². The highest BCUT2D eigenvalue weighted by Crippen LogP contribution is 2.27. The van der Waals surface area contributed by atoms with Crippen molar-refractivity contribution in [1.29, 1.82) is 5.26 Å². The van der Waals surface area contributed by atoms with Crippen molar-refractivity contribution in [3.8, 4) is 28.7 Å². The Morgan fingerprint density at radius 2 is 1.89 bits per heavy atom. The van der Waals surface area contributed by atoms with Gasteiger partial charge < -0.3 is 9.26 Å². The van der Waals surface area contributed by atoms with Gasteiger partial charge in [-0.3, -0.25) is 0 Å². The smallest absolute Gasteiger partial charge is 0.339 e. The van der Waals surface area contributed by atoms with E-state index < -0.39 is 5.97 Å². The molecule has 6 nitrogen and oxygen atoms in total. The highest BCUT2D eigenvalue weighted by molar-refractivity contribution is 7.08. The fraction of sp³-hybridized carbons (Fsp3) is 0.0476. The van der Waals surface area contributed by atoms with Gasteiger partial charge in [0, 0.05) is 10.9 Å². The number of hydrogen-bond acceptors (Lipinski definition) is 7. The number of benzene rings is 2. The van der Waals surface area contributed by atoms with Gasteiger partial charge in [-0.15, -0.1) is 0 Å². The van der Waals surface area contributed by atoms with Gasteiger partial charge in [0.05, 0.1) is 22.8 Å². The lowest BCUT2D eigenvalue weighted by molar-refractivity contribution is 0.0460. The predicted octanol–water partition coefficient (Wildman–Crippen LogP) is 4.69. The molecular weight excluding hydrogens is 374 g/mol. The number of nitriles is 1. The Kier molecular flexibility index (Phi) is 4.95. The molecule has 0 N–H and O–H groups in total. The molecule has 0 radical (unpaired) electrons. The van der Waals surface area contributed by atoms with Gasteiger partial charge in [-0.2, -0.15) is 21.6 Å². The third-order valence-electron chi connectivity index (χ3n) is 4.05. The molecule has 0 spiro atoms. The number of carbonyl (C=O) groups is 1. The summed E-state index contributed by atoms with van der Waals surface area (Å²) in [4.78, 5) is 16.9. The van der Waals surface area contributed by atoms with E-state index in [0.717, 1.165) is 5.56 Å². The third-order valence-corrected chi connectivity index (χ3v) is 4.74. The average Bonchev–Trinajstić information content (AvgIpc) is 3.44. The minimum atomic E-state index is -0.523. The molecule has 0 saturated heterocycles. The van der Waals surface area contributed by atoms with Crippen LogP contribution in [0.15, 0.2) is 69.9 Å². The molecule has 0 bridgehead atoms. The van der Waals surface area contributed by atoms with Gasteiger partial charge in [-0.05, 0) is 29.1 Å². The number of ether oxygens (including phenoxy) is 1. The van der Waals surface area contributed by atoms with Crippen LogP contribution in [0.2, 0.25) is 0 Å². The van der Waals surface area contributed by atoms with Gasteiger partial charge in [-0.1, -0.05) is 41.6 Å². The lowest BCUT2D eigenvalue weighted by Crippen LogP contribution is -2.08. The molecule has 0 amide bonds. The molecule has 2 aromatic carbocycles. The zero-order valence-electron chi connectivity index (χ0n) is 14.5. The summed E-state index contributed by atoms with van der Waals surface area (Å²) in [5.41, 5.74) is 3.00. The molecule has 4 rings (SSSR count). The van der Waals surface area contributed by atoms with E-state index in [9.17, 15) is 10.1 Å². The van der Waals surface area contributed by atoms with Crippen LogP contribution in [0.25, 0.3) is 22.6 Å². The highest BCUT2D eigenvalue weighted by Gasteiger charge is 2.17. The standard InChI is InChI=1S/C21H13N3O3S/c22-11-14-5-1-2-6-16(14)17-7-3-4-8-18(17)21(25)26-12-19-23-20(27-24-19)15-9-10-28-13-15/h1-10,13H,12H2. The normalized spacial score (nSPS) is 10.4. The van der Waals surface area contributed by atoms with E-state index in [1.165, 1.54) is 11.3 Å². The van der Waals surface area contributed by atoms with E-state index in [4.69, 9.17) is 9.26 Å². The van der Waals surface area contributed by atoms with E-state index in [2.05, 4.69) is 16.2 Å². The maximum absolute atomic E-state index is 12.7. The molecule has 7 heteroatoms. The fourth-order valence-electron chi connectivity index (χ4n) is 2.74. The second-order valence-corrected chi connectivity index (χ2v) is 6.59. The largest absolute Gasteiger partial charge is 0.454 e. The van der Waals surface area contributed by atoms with E-state index in [1.807, 2.05) is 29.0 Å². The maximum atomic E-state index is 12.7. The topological polar surface area (TPSA) is 89.0 Å². The highest BCUT2D eigenvalue weighted by atomic mass is 32.1. The van der Waals surface area contributed by atoms with Crippen LogP contribution in [0.3, 0.4) is 0 Å². The van der Waals surface area contributed by atoms with Gasteiger partial charge in [-0.25, -0.2) is 4.79 Å². The number of thiophene rings is 1. The second kappa shape index (κ2) is 7.86. The third kappa shape index (κ3) is 3.54. The summed E-state index contributed by atoms with van der Waals surface area (Å²) < 4.78 is 10.6. The first kappa shape index (κ1) is 17.6. The zero-order chi connectivity index (χ0) is 19.3. The van der Waals surface area contributed by atoms with Gasteiger partial charge in [0.15, 0.2) is 6.61 Å². The van der Waals surface area contributed by atoms with Crippen LogP contribution in [0.5, 0.6) is 0 Å². The summed E-state index contributed by atoms with van der Waals surface area (Å²) in [5.74, 6) is 0.144. The van der Waals surface area contributed by atoms with Crippen LogP contribution in [-0.4, -0.2) is 16.1 Å². The van der Waals surface area contributed by atoms with Crippen LogP contribution < -0.4 is 0 Å². The minimum absolute atomic E-state index is 0.110. The Hall–Kier alpha value is -3.76. The first-order valence-electron chi connectivity index (χ1n) is 8.37. The summed E-state index contributed by atoms with van der Waals surface area (Å²) in [5, 5.41) is 17.0. The summed E-state index contributed by atoms with van der Waals surface area (Å²) in [6, 6.07) is 18.2. The molecule has 4 aromatic rings. The van der Waals surface area contributed by atoms with Crippen molar-refractivity contribution in [2.75, 3.05) is 0 Å². The van der Waals surface area contributed by atoms with Crippen molar-refractivity contribution in [2.45, 2.75) is 6.61 Å². The van der Waals surface area contributed by atoms with Gasteiger partial charge in [0.25, 0.3) is 5.89 Å². The average molecular weight is 387 g/mol. The van der Waals surface area contributed by atoms with E-state index >= 15 is 0 Å². The molecular formula is C21H13N3O3S. The van der Waals surface area contributed by atoms with Crippen molar-refractivity contribution in [1.82, 2.24) is 10.1 Å². The quantitative estimate of drug-likeness (QED) is 0.461. The lowest BCUT2D eigenvalue weighted by Gasteiger charge is -2.10. The summed E-state index contributed by atoms with van der Waals surface area (Å²) in [7, 11) is 0. The molecule has 0 fully saturated rings. The number of nitrogens with zero attached hydrogens (tertiary/aromatic N) is 3. The summed E-state index contributed by atoms with van der Waals surface area (Å²) >= 11 is 1.53. The Morgan fingerprint density at radius 3 is 2.68 bits per heavy atom. The number of aromatic nitrogens is 2. The molecule has 28 heavy (non-hydrogen) atoms. The molecule has 2 aromatic heterocycles. The molecule has 0 aliphatic rings. The Balaban J connectivity index is 1.54. The van der Waals surface area contributed by atoms with Gasteiger partial charge in [0.2, 0.25) is 5.82 Å². The van der Waals surface area contributed by atoms with Crippen LogP contribution in [0, 0.1) is 11.3 Å². The van der Waals surface area contributed by atoms with E-state index in [1.54, 1.807) is 36.4 Å². The van der Waals surface area contributed by atoms with Crippen molar-refractivity contribution >= 4 is 17.3 Å². The number of carbonyl (C=O) groups excluding carboxylic acids is 1. The number of rotatable bonds is 5. The van der Waals surface area contributed by atoms with Crippen LogP contribution in [0.4, 0.5) is 0 Å². The molecule has 0 unspecified atom stereocenters. The van der Waals surface area contributed by atoms with Crippen LogP contribution in [-0.2, 0) is 11.3 Å². The SMILES string of the molecule is N#Cc1ccccc1-c1ccccc1C(=O)OCc1noc(-c2ccsc2)n1. The van der Waals surface area contributed by atoms with Crippen molar-refractivity contribution in [3.05, 3.63) is 82.3 Å². The molecule has 0 saturated carbocycles. The molecule has 0 atom stereocenters. The Morgan fingerprint density at radius 1 is 1.11 bits per heavy atom. The number of esters is 1. The molecule has 136 valence electrons. The van der Waals surface area contributed by atoms with E-state index in [0.29, 0.717) is 28.1 Å². The molecule has 2 heterocycles. The lowest BCUT2D eigenvalue weighted by atomic mass is 9.96. The van der Waals surface area contributed by atoms with Crippen molar-refractivity contribution in [3.63, 3.8) is 0 Å². The first-order valence-corrected chi connectivity index (χ1v) is 9.31. The van der Waals surface area contributed by atoms with E-state index in [-0.39, 0.29) is 12.4 Å². The maximum Gasteiger partial charge on any atom is 0.339 e. The zero-order valence-corrected chi connectivity index (χ0v) is 15.3. The van der Waals surface area contributed by atoms with Crippen molar-refractivity contribution in [2.24, 2.45) is 0 Å². The summed E-state index contributed by atoms with van der Waals surface area (Å²) in [6.45, 7) is -0.110. The van der Waals surface area contributed by atoms with Gasteiger partial charge >= 0.3 is 5.97 Å². The minimum Gasteiger partial charge on any atom is -0.454 e. The Bertz CT molecular complexity index is 1160. The molecule has 0 aliphatic carbocycles. The first-order chi connectivity index (χ1) is 13.8. The van der Waals surface area contributed by atoms with Gasteiger partial charge in [0.1, 0.15) is 0 Å². The van der Waals surface area contributed by atoms with Crippen LogP contribution in [0.1, 0.15) is 21.7 Å². The second-order valence-electron chi connectivity index (χ2n) is 5.81. The molecule has 0 aliphatic heterocycles. The predicted molar refractivity (Wildman–Crippen MR) is 103 cm³/mol. The number of hydrogen-bond donors (Lipinski definition) is 0. The Labute approximate surface area is 164 Å². The summed E-state index contributed by atoms with van der Waals surface area (Å²) in [6.07, 6.45) is 0.